The first-order valence-electron chi connectivity index (χ1n) is 7.07. The van der Waals surface area contributed by atoms with Crippen molar-refractivity contribution < 1.29 is 13.6 Å². The van der Waals surface area contributed by atoms with Gasteiger partial charge >= 0.3 is 0 Å². The van der Waals surface area contributed by atoms with Crippen molar-refractivity contribution in [2.75, 3.05) is 7.05 Å². The van der Waals surface area contributed by atoms with Crippen LogP contribution in [0.1, 0.15) is 16.1 Å². The fourth-order valence-electron chi connectivity index (χ4n) is 2.33. The zero-order chi connectivity index (χ0) is 16.4. The highest BCUT2D eigenvalue weighted by Crippen LogP contribution is 2.14. The SMILES string of the molecule is CN(Cc1ccc(F)cc1)C(=O)c1cc(=O)c2ccccc2o1. The summed E-state index contributed by atoms with van der Waals surface area (Å²) >= 11 is 0. The first kappa shape index (κ1) is 15.0. The van der Waals surface area contributed by atoms with Gasteiger partial charge in [0.25, 0.3) is 5.91 Å². The lowest BCUT2D eigenvalue weighted by Gasteiger charge is -2.16. The second-order valence-electron chi connectivity index (χ2n) is 5.26. The van der Waals surface area contributed by atoms with Crippen LogP contribution in [-0.4, -0.2) is 17.9 Å². The van der Waals surface area contributed by atoms with Crippen LogP contribution in [0, 0.1) is 5.82 Å². The first-order chi connectivity index (χ1) is 11.0. The number of fused-ring (bicyclic) bond motifs is 1. The smallest absolute Gasteiger partial charge is 0.289 e. The summed E-state index contributed by atoms with van der Waals surface area (Å²) in [4.78, 5) is 25.9. The van der Waals surface area contributed by atoms with E-state index in [1.165, 1.54) is 23.1 Å². The summed E-state index contributed by atoms with van der Waals surface area (Å²) in [6.45, 7) is 0.287. The Labute approximate surface area is 131 Å². The van der Waals surface area contributed by atoms with Crippen molar-refractivity contribution in [2.45, 2.75) is 6.54 Å². The second-order valence-corrected chi connectivity index (χ2v) is 5.26. The lowest BCUT2D eigenvalue weighted by molar-refractivity contribution is 0.0754. The van der Waals surface area contributed by atoms with Crippen LogP contribution in [0.25, 0.3) is 11.0 Å². The van der Waals surface area contributed by atoms with Crippen LogP contribution < -0.4 is 5.43 Å². The van der Waals surface area contributed by atoms with E-state index in [1.807, 2.05) is 0 Å². The molecule has 0 aliphatic carbocycles. The molecule has 3 aromatic rings. The van der Waals surface area contributed by atoms with E-state index in [4.69, 9.17) is 4.42 Å². The summed E-state index contributed by atoms with van der Waals surface area (Å²) < 4.78 is 18.4. The molecule has 1 heterocycles. The molecule has 1 aromatic heterocycles. The Morgan fingerprint density at radius 2 is 1.83 bits per heavy atom. The zero-order valence-corrected chi connectivity index (χ0v) is 12.5. The third-order valence-electron chi connectivity index (χ3n) is 3.53. The maximum absolute atomic E-state index is 12.9. The van der Waals surface area contributed by atoms with Gasteiger partial charge in [-0.2, -0.15) is 0 Å². The maximum Gasteiger partial charge on any atom is 0.289 e. The van der Waals surface area contributed by atoms with E-state index in [9.17, 15) is 14.0 Å². The highest BCUT2D eigenvalue weighted by atomic mass is 19.1. The van der Waals surface area contributed by atoms with E-state index in [0.29, 0.717) is 11.0 Å². The number of nitrogens with zero attached hydrogens (tertiary/aromatic N) is 1. The van der Waals surface area contributed by atoms with E-state index >= 15 is 0 Å². The molecule has 0 aliphatic heterocycles. The Morgan fingerprint density at radius 1 is 1.13 bits per heavy atom. The van der Waals surface area contributed by atoms with Crippen molar-refractivity contribution in [3.05, 3.63) is 82.0 Å². The van der Waals surface area contributed by atoms with Crippen molar-refractivity contribution in [3.8, 4) is 0 Å². The molecule has 3 rings (SSSR count). The van der Waals surface area contributed by atoms with Crippen LogP contribution in [-0.2, 0) is 6.54 Å². The molecule has 0 atom stereocenters. The van der Waals surface area contributed by atoms with Gasteiger partial charge in [0.15, 0.2) is 11.2 Å². The number of carbonyl (C=O) groups excluding carboxylic acids is 1. The number of halogens is 1. The Kier molecular flexibility index (Phi) is 3.93. The largest absolute Gasteiger partial charge is 0.451 e. The number of para-hydroxylation sites is 1. The van der Waals surface area contributed by atoms with Gasteiger partial charge in [-0.1, -0.05) is 24.3 Å². The molecule has 23 heavy (non-hydrogen) atoms. The van der Waals surface area contributed by atoms with Crippen molar-refractivity contribution in [1.29, 1.82) is 0 Å². The molecule has 4 nitrogen and oxygen atoms in total. The molecule has 0 spiro atoms. The molecule has 0 fully saturated rings. The molecular formula is C18H14FNO3. The average Bonchev–Trinajstić information content (AvgIpc) is 2.56. The summed E-state index contributed by atoms with van der Waals surface area (Å²) in [7, 11) is 1.60. The fourth-order valence-corrected chi connectivity index (χ4v) is 2.33. The Bertz CT molecular complexity index is 915. The van der Waals surface area contributed by atoms with Gasteiger partial charge in [0.05, 0.1) is 5.39 Å². The van der Waals surface area contributed by atoms with Crippen LogP contribution >= 0.6 is 0 Å². The molecule has 1 amide bonds. The number of rotatable bonds is 3. The molecule has 0 unspecified atom stereocenters. The van der Waals surface area contributed by atoms with E-state index in [2.05, 4.69) is 0 Å². The normalized spacial score (nSPS) is 10.7. The number of hydrogen-bond donors (Lipinski definition) is 0. The van der Waals surface area contributed by atoms with E-state index in [-0.39, 0.29) is 23.6 Å². The quantitative estimate of drug-likeness (QED) is 0.746. The number of amides is 1. The van der Waals surface area contributed by atoms with Gasteiger partial charge in [0, 0.05) is 19.7 Å². The Balaban J connectivity index is 1.87. The topological polar surface area (TPSA) is 50.5 Å². The summed E-state index contributed by atoms with van der Waals surface area (Å²) in [5.41, 5.74) is 0.898. The molecular weight excluding hydrogens is 297 g/mol. The molecule has 0 radical (unpaired) electrons. The highest BCUT2D eigenvalue weighted by molar-refractivity contribution is 5.93. The summed E-state index contributed by atoms with van der Waals surface area (Å²) in [5.74, 6) is -0.751. The summed E-state index contributed by atoms with van der Waals surface area (Å²) in [6.07, 6.45) is 0. The molecule has 0 saturated heterocycles. The third-order valence-corrected chi connectivity index (χ3v) is 3.53. The fraction of sp³-hybridized carbons (Fsp3) is 0.111. The lowest BCUT2D eigenvalue weighted by atomic mass is 10.2. The van der Waals surface area contributed by atoms with Crippen molar-refractivity contribution >= 4 is 16.9 Å². The highest BCUT2D eigenvalue weighted by Gasteiger charge is 2.16. The Morgan fingerprint density at radius 3 is 2.57 bits per heavy atom. The van der Waals surface area contributed by atoms with Crippen LogP contribution in [0.5, 0.6) is 0 Å². The molecule has 0 aliphatic rings. The minimum Gasteiger partial charge on any atom is -0.451 e. The molecule has 5 heteroatoms. The first-order valence-corrected chi connectivity index (χ1v) is 7.07. The average molecular weight is 311 g/mol. The number of benzene rings is 2. The van der Waals surface area contributed by atoms with Crippen LogP contribution in [0.2, 0.25) is 0 Å². The Hall–Kier alpha value is -2.95. The van der Waals surface area contributed by atoms with E-state index < -0.39 is 5.91 Å². The second kappa shape index (κ2) is 6.04. The van der Waals surface area contributed by atoms with Gasteiger partial charge < -0.3 is 9.32 Å². The monoisotopic (exact) mass is 311 g/mol. The number of hydrogen-bond acceptors (Lipinski definition) is 3. The molecule has 116 valence electrons. The standard InChI is InChI=1S/C18H14FNO3/c1-20(11-12-6-8-13(19)9-7-12)18(22)17-10-15(21)14-4-2-3-5-16(14)23-17/h2-10H,11H2,1H3. The minimum absolute atomic E-state index is 0.0155. The van der Waals surface area contributed by atoms with Crippen molar-refractivity contribution in [3.63, 3.8) is 0 Å². The zero-order valence-electron chi connectivity index (χ0n) is 12.5. The molecule has 0 N–H and O–H groups in total. The predicted molar refractivity (Wildman–Crippen MR) is 84.7 cm³/mol. The number of carbonyl (C=O) groups is 1. The van der Waals surface area contributed by atoms with Gasteiger partial charge in [0.1, 0.15) is 11.4 Å². The minimum atomic E-state index is -0.405. The lowest BCUT2D eigenvalue weighted by Crippen LogP contribution is -2.27. The summed E-state index contributed by atoms with van der Waals surface area (Å²) in [5, 5.41) is 0.435. The van der Waals surface area contributed by atoms with Crippen LogP contribution in [0.3, 0.4) is 0 Å². The van der Waals surface area contributed by atoms with Crippen molar-refractivity contribution in [2.24, 2.45) is 0 Å². The van der Waals surface area contributed by atoms with E-state index in [1.54, 1.807) is 43.4 Å². The van der Waals surface area contributed by atoms with Gasteiger partial charge in [-0.3, -0.25) is 9.59 Å². The van der Waals surface area contributed by atoms with Gasteiger partial charge in [-0.15, -0.1) is 0 Å². The van der Waals surface area contributed by atoms with Gasteiger partial charge in [-0.25, -0.2) is 4.39 Å². The van der Waals surface area contributed by atoms with Crippen LogP contribution in [0.4, 0.5) is 4.39 Å². The van der Waals surface area contributed by atoms with Crippen LogP contribution in [0.15, 0.2) is 63.8 Å². The van der Waals surface area contributed by atoms with Gasteiger partial charge in [0.2, 0.25) is 0 Å². The maximum atomic E-state index is 12.9. The molecule has 0 bridgehead atoms. The molecule has 2 aromatic carbocycles. The molecule has 0 saturated carbocycles. The third kappa shape index (κ3) is 3.13. The predicted octanol–water partition coefficient (Wildman–Crippen LogP) is 3.20. The van der Waals surface area contributed by atoms with Gasteiger partial charge in [-0.05, 0) is 29.8 Å². The van der Waals surface area contributed by atoms with Crippen molar-refractivity contribution in [1.82, 2.24) is 4.90 Å². The summed E-state index contributed by atoms with van der Waals surface area (Å²) in [6, 6.07) is 13.9. The van der Waals surface area contributed by atoms with E-state index in [0.717, 1.165) is 5.56 Å².